The molecule has 14 heavy (non-hydrogen) atoms. The normalized spacial score (nSPS) is 10.0. The first-order chi connectivity index (χ1) is 6.50. The van der Waals surface area contributed by atoms with E-state index >= 15 is 0 Å². The number of phenolic OH excluding ortho intramolecular Hbond substituents is 3. The lowest BCUT2D eigenvalue weighted by molar-refractivity contribution is -0.479. The maximum atomic E-state index is 10.1. The van der Waals surface area contributed by atoms with E-state index in [2.05, 4.69) is 0 Å². The standard InChI is InChI=1S/C8H9NO5/c10-5-3-7(11)6(8(12)4-5)1-2-9(13)14/h3-4,10-12H,1-2H2. The SMILES string of the molecule is O=[N+]([O-])CCc1c(O)cc(O)cc1O. The van der Waals surface area contributed by atoms with E-state index in [-0.39, 0.29) is 35.8 Å². The van der Waals surface area contributed by atoms with Crippen molar-refractivity contribution in [3.8, 4) is 17.2 Å². The van der Waals surface area contributed by atoms with E-state index in [1.165, 1.54) is 0 Å². The maximum absolute atomic E-state index is 10.1. The summed E-state index contributed by atoms with van der Waals surface area (Å²) in [5.41, 5.74) is 0.0690. The summed E-state index contributed by atoms with van der Waals surface area (Å²) in [5, 5.41) is 37.5. The summed E-state index contributed by atoms with van der Waals surface area (Å²) in [6.45, 7) is -0.383. The van der Waals surface area contributed by atoms with Crippen molar-refractivity contribution < 1.29 is 20.2 Å². The van der Waals surface area contributed by atoms with Gasteiger partial charge in [-0.2, -0.15) is 0 Å². The topological polar surface area (TPSA) is 104 Å². The Hall–Kier alpha value is -1.98. The fourth-order valence-corrected chi connectivity index (χ4v) is 1.09. The minimum absolute atomic E-state index is 0.0690. The largest absolute Gasteiger partial charge is 0.508 e. The van der Waals surface area contributed by atoms with Gasteiger partial charge in [0.25, 0.3) is 0 Å². The van der Waals surface area contributed by atoms with E-state index in [4.69, 9.17) is 5.11 Å². The Labute approximate surface area is 79.2 Å². The van der Waals surface area contributed by atoms with Gasteiger partial charge in [-0.3, -0.25) is 10.1 Å². The van der Waals surface area contributed by atoms with Gasteiger partial charge in [-0.15, -0.1) is 0 Å². The Morgan fingerprint density at radius 3 is 2.14 bits per heavy atom. The molecule has 6 heteroatoms. The molecular weight excluding hydrogens is 190 g/mol. The van der Waals surface area contributed by atoms with Crippen molar-refractivity contribution in [2.24, 2.45) is 0 Å². The van der Waals surface area contributed by atoms with Gasteiger partial charge in [-0.25, -0.2) is 0 Å². The second-order valence-electron chi connectivity index (χ2n) is 2.77. The van der Waals surface area contributed by atoms with Crippen LogP contribution in [0, 0.1) is 10.1 Å². The molecule has 0 aromatic heterocycles. The summed E-state index contributed by atoms with van der Waals surface area (Å²) in [4.78, 5) is 9.51. The van der Waals surface area contributed by atoms with Gasteiger partial charge in [0.15, 0.2) is 0 Å². The molecule has 0 saturated heterocycles. The van der Waals surface area contributed by atoms with Gasteiger partial charge in [-0.05, 0) is 0 Å². The van der Waals surface area contributed by atoms with Crippen LogP contribution >= 0.6 is 0 Å². The molecule has 0 atom stereocenters. The number of hydrogen-bond acceptors (Lipinski definition) is 5. The second-order valence-corrected chi connectivity index (χ2v) is 2.77. The Morgan fingerprint density at radius 2 is 1.71 bits per heavy atom. The Kier molecular flexibility index (Phi) is 2.76. The van der Waals surface area contributed by atoms with Crippen LogP contribution in [0.4, 0.5) is 0 Å². The fraction of sp³-hybridized carbons (Fsp3) is 0.250. The highest BCUT2D eigenvalue weighted by Gasteiger charge is 2.11. The van der Waals surface area contributed by atoms with Crippen LogP contribution in [0.5, 0.6) is 17.2 Å². The smallest absolute Gasteiger partial charge is 0.208 e. The van der Waals surface area contributed by atoms with Crippen molar-refractivity contribution in [1.29, 1.82) is 0 Å². The lowest BCUT2D eigenvalue weighted by atomic mass is 10.1. The molecule has 0 aliphatic carbocycles. The Bertz CT molecular complexity index is 340. The van der Waals surface area contributed by atoms with E-state index in [9.17, 15) is 20.3 Å². The van der Waals surface area contributed by atoms with Gasteiger partial charge in [0, 0.05) is 29.0 Å². The minimum atomic E-state index is -0.550. The zero-order valence-corrected chi connectivity index (χ0v) is 7.17. The van der Waals surface area contributed by atoms with Crippen molar-refractivity contribution in [3.05, 3.63) is 27.8 Å². The number of nitrogens with zero attached hydrogens (tertiary/aromatic N) is 1. The number of hydrogen-bond donors (Lipinski definition) is 3. The Balaban J connectivity index is 2.91. The van der Waals surface area contributed by atoms with Crippen LogP contribution < -0.4 is 0 Å². The van der Waals surface area contributed by atoms with Crippen LogP contribution in [-0.2, 0) is 6.42 Å². The first-order valence-corrected chi connectivity index (χ1v) is 3.86. The molecule has 1 aromatic rings. The summed E-state index contributed by atoms with van der Waals surface area (Å²) in [5.74, 6) is -0.974. The average molecular weight is 199 g/mol. The van der Waals surface area contributed by atoms with Crippen molar-refractivity contribution in [2.45, 2.75) is 6.42 Å². The van der Waals surface area contributed by atoms with Gasteiger partial charge < -0.3 is 15.3 Å². The van der Waals surface area contributed by atoms with Crippen molar-refractivity contribution in [3.63, 3.8) is 0 Å². The summed E-state index contributed by atoms with van der Waals surface area (Å²) in [6.07, 6.45) is -0.0784. The highest BCUT2D eigenvalue weighted by molar-refractivity contribution is 5.48. The van der Waals surface area contributed by atoms with Crippen LogP contribution in [-0.4, -0.2) is 26.8 Å². The highest BCUT2D eigenvalue weighted by atomic mass is 16.6. The quantitative estimate of drug-likeness (QED) is 0.489. The summed E-state index contributed by atoms with van der Waals surface area (Å²) >= 11 is 0. The molecule has 0 amide bonds. The zero-order chi connectivity index (χ0) is 10.7. The number of rotatable bonds is 3. The highest BCUT2D eigenvalue weighted by Crippen LogP contribution is 2.31. The third-order valence-corrected chi connectivity index (χ3v) is 1.73. The van der Waals surface area contributed by atoms with Gasteiger partial charge >= 0.3 is 0 Å². The lowest BCUT2D eigenvalue weighted by Gasteiger charge is -2.05. The summed E-state index contributed by atoms with van der Waals surface area (Å²) in [6, 6.07) is 2.05. The second kappa shape index (κ2) is 3.82. The molecule has 0 saturated carbocycles. The molecule has 76 valence electrons. The van der Waals surface area contributed by atoms with E-state index in [0.717, 1.165) is 12.1 Å². The fourth-order valence-electron chi connectivity index (χ4n) is 1.09. The third kappa shape index (κ3) is 2.25. The molecular formula is C8H9NO5. The predicted octanol–water partition coefficient (Wildman–Crippen LogP) is 0.623. The molecule has 1 aromatic carbocycles. The minimum Gasteiger partial charge on any atom is -0.508 e. The molecule has 0 radical (unpaired) electrons. The van der Waals surface area contributed by atoms with Crippen molar-refractivity contribution in [2.75, 3.05) is 6.54 Å². The molecule has 0 fully saturated rings. The van der Waals surface area contributed by atoms with Crippen LogP contribution in [0.25, 0.3) is 0 Å². The molecule has 0 heterocycles. The van der Waals surface area contributed by atoms with E-state index in [1.54, 1.807) is 0 Å². The first-order valence-electron chi connectivity index (χ1n) is 3.86. The number of aromatic hydroxyl groups is 3. The lowest BCUT2D eigenvalue weighted by Crippen LogP contribution is -2.04. The number of benzene rings is 1. The molecule has 3 N–H and O–H groups in total. The van der Waals surface area contributed by atoms with Gasteiger partial charge in [0.05, 0.1) is 0 Å². The molecule has 0 bridgehead atoms. The van der Waals surface area contributed by atoms with Crippen LogP contribution in [0.1, 0.15) is 5.56 Å². The van der Waals surface area contributed by atoms with Gasteiger partial charge in [-0.1, -0.05) is 0 Å². The van der Waals surface area contributed by atoms with Crippen LogP contribution in [0.3, 0.4) is 0 Å². The summed E-state index contributed by atoms with van der Waals surface area (Å²) in [7, 11) is 0. The van der Waals surface area contributed by atoms with E-state index in [0.29, 0.717) is 0 Å². The third-order valence-electron chi connectivity index (χ3n) is 1.73. The Morgan fingerprint density at radius 1 is 1.21 bits per heavy atom. The van der Waals surface area contributed by atoms with Crippen LogP contribution in [0.2, 0.25) is 0 Å². The monoisotopic (exact) mass is 199 g/mol. The van der Waals surface area contributed by atoms with Crippen LogP contribution in [0.15, 0.2) is 12.1 Å². The first kappa shape index (κ1) is 10.1. The summed E-state index contributed by atoms with van der Waals surface area (Å²) < 4.78 is 0. The number of nitro groups is 1. The van der Waals surface area contributed by atoms with E-state index < -0.39 is 4.92 Å². The van der Waals surface area contributed by atoms with Gasteiger partial charge in [0.2, 0.25) is 6.54 Å². The number of phenols is 3. The molecule has 0 aliphatic heterocycles. The zero-order valence-electron chi connectivity index (χ0n) is 7.17. The molecule has 0 aliphatic rings. The van der Waals surface area contributed by atoms with E-state index in [1.807, 2.05) is 0 Å². The maximum Gasteiger partial charge on any atom is 0.208 e. The van der Waals surface area contributed by atoms with Crippen molar-refractivity contribution in [1.82, 2.24) is 0 Å². The molecule has 0 spiro atoms. The molecule has 0 unspecified atom stereocenters. The average Bonchev–Trinajstić information content (AvgIpc) is 2.01. The molecule has 6 nitrogen and oxygen atoms in total. The van der Waals surface area contributed by atoms with Crippen molar-refractivity contribution >= 4 is 0 Å². The molecule has 1 rings (SSSR count). The predicted molar refractivity (Wildman–Crippen MR) is 47.0 cm³/mol. The van der Waals surface area contributed by atoms with Gasteiger partial charge in [0.1, 0.15) is 17.2 Å².